The molecule has 2 aromatic carbocycles. The number of rotatable bonds is 2. The first-order valence-electron chi connectivity index (χ1n) is 5.16. The Kier molecular flexibility index (Phi) is 3.52. The average Bonchev–Trinajstić information content (AvgIpc) is 2.44. The number of halogens is 6. The lowest BCUT2D eigenvalue weighted by molar-refractivity contribution is 0.102. The summed E-state index contributed by atoms with van der Waals surface area (Å²) in [7, 11) is 0. The number of carbonyl (C=O) groups excluding carboxylic acids is 1. The van der Waals surface area contributed by atoms with Crippen LogP contribution in [0, 0.1) is 34.9 Å². The number of benzene rings is 2. The standard InChI is InChI=1S/C13H4F6O/c14-6-3-1-5(2-4-6)13(20)7-8(15)10(17)12(19)11(18)9(7)16/h1-4H. The molecule has 0 radical (unpaired) electrons. The van der Waals surface area contributed by atoms with Crippen LogP contribution in [0.1, 0.15) is 15.9 Å². The van der Waals surface area contributed by atoms with Crippen LogP contribution in [-0.4, -0.2) is 5.78 Å². The van der Waals surface area contributed by atoms with Gasteiger partial charge in [-0.25, -0.2) is 26.3 Å². The third-order valence-electron chi connectivity index (χ3n) is 2.54. The van der Waals surface area contributed by atoms with Crippen LogP contribution in [0.2, 0.25) is 0 Å². The van der Waals surface area contributed by atoms with Crippen molar-refractivity contribution in [2.75, 3.05) is 0 Å². The van der Waals surface area contributed by atoms with Gasteiger partial charge in [0.1, 0.15) is 11.4 Å². The van der Waals surface area contributed by atoms with Crippen molar-refractivity contribution in [1.82, 2.24) is 0 Å². The minimum atomic E-state index is -2.35. The van der Waals surface area contributed by atoms with Crippen molar-refractivity contribution in [3.05, 3.63) is 70.3 Å². The van der Waals surface area contributed by atoms with Gasteiger partial charge in [0.05, 0.1) is 0 Å². The van der Waals surface area contributed by atoms with Crippen molar-refractivity contribution in [1.29, 1.82) is 0 Å². The quantitative estimate of drug-likeness (QED) is 0.356. The highest BCUT2D eigenvalue weighted by Gasteiger charge is 2.30. The van der Waals surface area contributed by atoms with E-state index in [0.29, 0.717) is 0 Å². The van der Waals surface area contributed by atoms with Gasteiger partial charge in [-0.3, -0.25) is 4.79 Å². The molecule has 0 atom stereocenters. The largest absolute Gasteiger partial charge is 0.288 e. The first kappa shape index (κ1) is 14.1. The van der Waals surface area contributed by atoms with Crippen LogP contribution in [0.25, 0.3) is 0 Å². The highest BCUT2D eigenvalue weighted by atomic mass is 19.2. The Hall–Kier alpha value is -2.31. The van der Waals surface area contributed by atoms with Gasteiger partial charge >= 0.3 is 0 Å². The molecule has 0 spiro atoms. The monoisotopic (exact) mass is 290 g/mol. The Bertz CT molecular complexity index is 664. The molecule has 104 valence electrons. The van der Waals surface area contributed by atoms with Crippen LogP contribution in [0.4, 0.5) is 26.3 Å². The number of carbonyl (C=O) groups is 1. The van der Waals surface area contributed by atoms with Crippen molar-refractivity contribution in [2.24, 2.45) is 0 Å². The zero-order valence-electron chi connectivity index (χ0n) is 9.49. The molecular formula is C13H4F6O. The molecule has 0 bridgehead atoms. The Morgan fingerprint density at radius 3 is 1.50 bits per heavy atom. The van der Waals surface area contributed by atoms with Gasteiger partial charge in [-0.15, -0.1) is 0 Å². The zero-order valence-corrected chi connectivity index (χ0v) is 9.49. The summed E-state index contributed by atoms with van der Waals surface area (Å²) in [5, 5.41) is 0. The Morgan fingerprint density at radius 2 is 1.05 bits per heavy atom. The molecular weight excluding hydrogens is 286 g/mol. The molecule has 20 heavy (non-hydrogen) atoms. The summed E-state index contributed by atoms with van der Waals surface area (Å²) in [6, 6.07) is 3.38. The molecule has 0 aromatic heterocycles. The Balaban J connectivity index is 2.64. The van der Waals surface area contributed by atoms with Crippen LogP contribution >= 0.6 is 0 Å². The summed E-state index contributed by atoms with van der Waals surface area (Å²) in [6.45, 7) is 0. The third kappa shape index (κ3) is 2.15. The molecule has 7 heteroatoms. The van der Waals surface area contributed by atoms with Crippen molar-refractivity contribution in [2.45, 2.75) is 0 Å². The predicted molar refractivity (Wildman–Crippen MR) is 56.1 cm³/mol. The second kappa shape index (κ2) is 4.99. The van der Waals surface area contributed by atoms with E-state index in [0.717, 1.165) is 24.3 Å². The summed E-state index contributed by atoms with van der Waals surface area (Å²) < 4.78 is 78.2. The van der Waals surface area contributed by atoms with Crippen LogP contribution in [0.3, 0.4) is 0 Å². The van der Waals surface area contributed by atoms with Gasteiger partial charge in [-0.2, -0.15) is 0 Å². The predicted octanol–water partition coefficient (Wildman–Crippen LogP) is 3.75. The van der Waals surface area contributed by atoms with E-state index in [1.54, 1.807) is 0 Å². The fraction of sp³-hybridized carbons (Fsp3) is 0. The molecule has 0 amide bonds. The maximum atomic E-state index is 13.4. The smallest absolute Gasteiger partial charge is 0.200 e. The first-order chi connectivity index (χ1) is 9.34. The van der Waals surface area contributed by atoms with Crippen molar-refractivity contribution in [3.8, 4) is 0 Å². The van der Waals surface area contributed by atoms with Gasteiger partial charge < -0.3 is 0 Å². The van der Waals surface area contributed by atoms with E-state index in [1.807, 2.05) is 0 Å². The van der Waals surface area contributed by atoms with Crippen molar-refractivity contribution >= 4 is 5.78 Å². The molecule has 0 aliphatic heterocycles. The normalized spacial score (nSPS) is 10.7. The molecule has 0 heterocycles. The van der Waals surface area contributed by atoms with Gasteiger partial charge in [0.2, 0.25) is 5.82 Å². The van der Waals surface area contributed by atoms with Gasteiger partial charge in [0.25, 0.3) is 0 Å². The summed E-state index contributed by atoms with van der Waals surface area (Å²) in [5.41, 5.74) is -1.98. The maximum Gasteiger partial charge on any atom is 0.200 e. The van der Waals surface area contributed by atoms with Gasteiger partial charge in [0.15, 0.2) is 29.1 Å². The highest BCUT2D eigenvalue weighted by molar-refractivity contribution is 6.09. The summed E-state index contributed by atoms with van der Waals surface area (Å²) in [6.07, 6.45) is 0. The van der Waals surface area contributed by atoms with Crippen molar-refractivity contribution in [3.63, 3.8) is 0 Å². The molecule has 0 N–H and O–H groups in total. The second-order valence-electron chi connectivity index (χ2n) is 3.78. The minimum absolute atomic E-state index is 0.408. The van der Waals surface area contributed by atoms with E-state index in [2.05, 4.69) is 0 Å². The minimum Gasteiger partial charge on any atom is -0.288 e. The molecule has 2 rings (SSSR count). The summed E-state index contributed by atoms with van der Waals surface area (Å²) >= 11 is 0. The van der Waals surface area contributed by atoms with Crippen LogP contribution < -0.4 is 0 Å². The zero-order chi connectivity index (χ0) is 15.0. The molecule has 0 aliphatic carbocycles. The Morgan fingerprint density at radius 1 is 0.650 bits per heavy atom. The van der Waals surface area contributed by atoms with Gasteiger partial charge in [-0.1, -0.05) is 0 Å². The fourth-order valence-electron chi connectivity index (χ4n) is 1.55. The van der Waals surface area contributed by atoms with E-state index in [-0.39, 0.29) is 0 Å². The molecule has 0 unspecified atom stereocenters. The maximum absolute atomic E-state index is 13.4. The van der Waals surface area contributed by atoms with E-state index >= 15 is 0 Å². The molecule has 0 saturated carbocycles. The number of hydrogen-bond acceptors (Lipinski definition) is 1. The molecule has 2 aromatic rings. The first-order valence-corrected chi connectivity index (χ1v) is 5.16. The summed E-state index contributed by atoms with van der Waals surface area (Å²) in [4.78, 5) is 11.8. The van der Waals surface area contributed by atoms with E-state index in [4.69, 9.17) is 0 Å². The lowest BCUT2D eigenvalue weighted by atomic mass is 10.0. The van der Waals surface area contributed by atoms with Crippen molar-refractivity contribution < 1.29 is 31.1 Å². The van der Waals surface area contributed by atoms with E-state index in [9.17, 15) is 31.1 Å². The molecule has 0 fully saturated rings. The fourth-order valence-corrected chi connectivity index (χ4v) is 1.55. The third-order valence-corrected chi connectivity index (χ3v) is 2.54. The van der Waals surface area contributed by atoms with Crippen LogP contribution in [-0.2, 0) is 0 Å². The van der Waals surface area contributed by atoms with E-state index < -0.39 is 51.8 Å². The molecule has 0 saturated heterocycles. The number of hydrogen-bond donors (Lipinski definition) is 0. The summed E-state index contributed by atoms with van der Waals surface area (Å²) in [5.74, 6) is -13.4. The molecule has 1 nitrogen and oxygen atoms in total. The topological polar surface area (TPSA) is 17.1 Å². The lowest BCUT2D eigenvalue weighted by Crippen LogP contribution is -2.13. The van der Waals surface area contributed by atoms with Gasteiger partial charge in [0, 0.05) is 5.56 Å². The number of ketones is 1. The average molecular weight is 290 g/mol. The molecule has 0 aliphatic rings. The second-order valence-corrected chi connectivity index (χ2v) is 3.78. The van der Waals surface area contributed by atoms with Crippen LogP contribution in [0.5, 0.6) is 0 Å². The van der Waals surface area contributed by atoms with E-state index in [1.165, 1.54) is 0 Å². The highest BCUT2D eigenvalue weighted by Crippen LogP contribution is 2.25. The lowest BCUT2D eigenvalue weighted by Gasteiger charge is -2.07. The van der Waals surface area contributed by atoms with Crippen LogP contribution in [0.15, 0.2) is 24.3 Å². The van der Waals surface area contributed by atoms with Gasteiger partial charge in [-0.05, 0) is 24.3 Å². The SMILES string of the molecule is O=C(c1ccc(F)cc1)c1c(F)c(F)c(F)c(F)c1F. The Labute approximate surface area is 108 Å².